The van der Waals surface area contributed by atoms with Crippen LogP contribution in [0.25, 0.3) is 11.6 Å². The van der Waals surface area contributed by atoms with Crippen LogP contribution in [0.5, 0.6) is 0 Å². The summed E-state index contributed by atoms with van der Waals surface area (Å²) in [6, 6.07) is 3.58. The molecule has 1 fully saturated rings. The standard InChI is InChI=1S/C12H15N3O3/c16-9-3-1-5-15(7-9)8-11-13-12(14-18-11)10-4-2-6-17-10/h2,4,6,9,16H,1,3,5,7-8H2/t9-/m0/s1. The lowest BCUT2D eigenvalue weighted by Crippen LogP contribution is -2.37. The van der Waals surface area contributed by atoms with E-state index in [2.05, 4.69) is 15.0 Å². The van der Waals surface area contributed by atoms with E-state index >= 15 is 0 Å². The summed E-state index contributed by atoms with van der Waals surface area (Å²) in [6.07, 6.45) is 3.20. The topological polar surface area (TPSA) is 75.5 Å². The molecule has 0 spiro atoms. The summed E-state index contributed by atoms with van der Waals surface area (Å²) in [5.74, 6) is 1.62. The minimum atomic E-state index is -0.244. The second-order valence-electron chi connectivity index (χ2n) is 4.52. The molecule has 1 aliphatic heterocycles. The number of nitrogens with zero attached hydrogens (tertiary/aromatic N) is 3. The molecule has 0 amide bonds. The quantitative estimate of drug-likeness (QED) is 0.883. The number of aromatic nitrogens is 2. The van der Waals surface area contributed by atoms with E-state index in [1.807, 2.05) is 0 Å². The molecule has 3 heterocycles. The number of hydrogen-bond donors (Lipinski definition) is 1. The number of aliphatic hydroxyl groups is 1. The zero-order valence-corrected chi connectivity index (χ0v) is 9.95. The van der Waals surface area contributed by atoms with Gasteiger partial charge in [0.2, 0.25) is 11.7 Å². The lowest BCUT2D eigenvalue weighted by molar-refractivity contribution is 0.0613. The zero-order chi connectivity index (χ0) is 12.4. The van der Waals surface area contributed by atoms with E-state index in [9.17, 15) is 5.11 Å². The molecule has 2 aromatic rings. The molecular weight excluding hydrogens is 234 g/mol. The van der Waals surface area contributed by atoms with Crippen LogP contribution in [0.2, 0.25) is 0 Å². The van der Waals surface area contributed by atoms with Crippen LogP contribution in [-0.2, 0) is 6.54 Å². The van der Waals surface area contributed by atoms with Crippen molar-refractivity contribution in [2.75, 3.05) is 13.1 Å². The number of hydrogen-bond acceptors (Lipinski definition) is 6. The molecular formula is C12H15N3O3. The number of furan rings is 1. The van der Waals surface area contributed by atoms with Crippen molar-refractivity contribution >= 4 is 0 Å². The van der Waals surface area contributed by atoms with Gasteiger partial charge in [-0.1, -0.05) is 5.16 Å². The van der Waals surface area contributed by atoms with Gasteiger partial charge in [0.1, 0.15) is 0 Å². The van der Waals surface area contributed by atoms with Crippen molar-refractivity contribution in [3.8, 4) is 11.6 Å². The Morgan fingerprint density at radius 1 is 1.50 bits per heavy atom. The minimum Gasteiger partial charge on any atom is -0.461 e. The lowest BCUT2D eigenvalue weighted by Gasteiger charge is -2.28. The first-order chi connectivity index (χ1) is 8.81. The molecule has 2 aromatic heterocycles. The van der Waals surface area contributed by atoms with Gasteiger partial charge in [0.05, 0.1) is 18.9 Å². The molecule has 1 N–H and O–H groups in total. The van der Waals surface area contributed by atoms with Crippen LogP contribution in [0.15, 0.2) is 27.3 Å². The van der Waals surface area contributed by atoms with Gasteiger partial charge in [0.15, 0.2) is 5.76 Å². The van der Waals surface area contributed by atoms with Gasteiger partial charge in [0.25, 0.3) is 0 Å². The third kappa shape index (κ3) is 2.44. The average molecular weight is 249 g/mol. The molecule has 0 unspecified atom stereocenters. The number of rotatable bonds is 3. The highest BCUT2D eigenvalue weighted by Crippen LogP contribution is 2.17. The molecule has 3 rings (SSSR count). The molecule has 1 saturated heterocycles. The monoisotopic (exact) mass is 249 g/mol. The molecule has 6 heteroatoms. The number of likely N-dealkylation sites (tertiary alicyclic amines) is 1. The highest BCUT2D eigenvalue weighted by Gasteiger charge is 2.20. The van der Waals surface area contributed by atoms with Gasteiger partial charge >= 0.3 is 0 Å². The maximum absolute atomic E-state index is 9.59. The summed E-state index contributed by atoms with van der Waals surface area (Å²) < 4.78 is 10.4. The van der Waals surface area contributed by atoms with Crippen LogP contribution in [0, 0.1) is 0 Å². The van der Waals surface area contributed by atoms with Crippen LogP contribution < -0.4 is 0 Å². The van der Waals surface area contributed by atoms with Gasteiger partial charge in [0, 0.05) is 6.54 Å². The highest BCUT2D eigenvalue weighted by atomic mass is 16.5. The Hall–Kier alpha value is -1.66. The summed E-state index contributed by atoms with van der Waals surface area (Å²) >= 11 is 0. The first-order valence-electron chi connectivity index (χ1n) is 6.08. The fraction of sp³-hybridized carbons (Fsp3) is 0.500. The van der Waals surface area contributed by atoms with Crippen LogP contribution in [0.1, 0.15) is 18.7 Å². The van der Waals surface area contributed by atoms with Gasteiger partial charge in [-0.3, -0.25) is 4.90 Å². The van der Waals surface area contributed by atoms with Crippen LogP contribution >= 0.6 is 0 Å². The third-order valence-corrected chi connectivity index (χ3v) is 3.05. The third-order valence-electron chi connectivity index (χ3n) is 3.05. The van der Waals surface area contributed by atoms with Gasteiger partial charge in [-0.05, 0) is 31.5 Å². The summed E-state index contributed by atoms with van der Waals surface area (Å²) in [7, 11) is 0. The van der Waals surface area contributed by atoms with Gasteiger partial charge in [-0.15, -0.1) is 0 Å². The maximum Gasteiger partial charge on any atom is 0.241 e. The Labute approximate surface area is 104 Å². The van der Waals surface area contributed by atoms with E-state index in [0.29, 0.717) is 30.6 Å². The number of piperidine rings is 1. The molecule has 0 bridgehead atoms. The Balaban J connectivity index is 1.66. The highest BCUT2D eigenvalue weighted by molar-refractivity contribution is 5.44. The average Bonchev–Trinajstić information content (AvgIpc) is 2.98. The van der Waals surface area contributed by atoms with E-state index < -0.39 is 0 Å². The molecule has 96 valence electrons. The fourth-order valence-corrected chi connectivity index (χ4v) is 2.19. The molecule has 6 nitrogen and oxygen atoms in total. The summed E-state index contributed by atoms with van der Waals surface area (Å²) in [5, 5.41) is 13.5. The maximum atomic E-state index is 9.59. The van der Waals surface area contributed by atoms with Crippen molar-refractivity contribution in [2.24, 2.45) is 0 Å². The van der Waals surface area contributed by atoms with Crippen LogP contribution in [-0.4, -0.2) is 39.3 Å². The SMILES string of the molecule is O[C@H]1CCCN(Cc2nc(-c3ccco3)no2)C1. The molecule has 1 atom stereocenters. The van der Waals surface area contributed by atoms with Gasteiger partial charge in [-0.2, -0.15) is 4.98 Å². The molecule has 0 aliphatic carbocycles. The van der Waals surface area contributed by atoms with Crippen LogP contribution in [0.4, 0.5) is 0 Å². The van der Waals surface area contributed by atoms with Crippen molar-refractivity contribution in [3.63, 3.8) is 0 Å². The Morgan fingerprint density at radius 2 is 2.44 bits per heavy atom. The minimum absolute atomic E-state index is 0.244. The Bertz CT molecular complexity index is 494. The predicted molar refractivity (Wildman–Crippen MR) is 62.5 cm³/mol. The van der Waals surface area contributed by atoms with E-state index in [0.717, 1.165) is 19.4 Å². The first-order valence-corrected chi connectivity index (χ1v) is 6.08. The molecule has 0 aromatic carbocycles. The predicted octanol–water partition coefficient (Wildman–Crippen LogP) is 1.29. The number of β-amino-alcohol motifs (C(OH)–C–C–N with tert-alkyl or cyclic N) is 1. The van der Waals surface area contributed by atoms with Crippen molar-refractivity contribution in [2.45, 2.75) is 25.5 Å². The lowest BCUT2D eigenvalue weighted by atomic mass is 10.1. The van der Waals surface area contributed by atoms with Gasteiger partial charge in [-0.25, -0.2) is 0 Å². The van der Waals surface area contributed by atoms with Gasteiger partial charge < -0.3 is 14.0 Å². The molecule has 0 radical (unpaired) electrons. The van der Waals surface area contributed by atoms with Crippen molar-refractivity contribution in [3.05, 3.63) is 24.3 Å². The van der Waals surface area contributed by atoms with E-state index in [-0.39, 0.29) is 6.10 Å². The zero-order valence-electron chi connectivity index (χ0n) is 9.95. The molecule has 18 heavy (non-hydrogen) atoms. The largest absolute Gasteiger partial charge is 0.461 e. The van der Waals surface area contributed by atoms with E-state index in [1.54, 1.807) is 18.4 Å². The van der Waals surface area contributed by atoms with E-state index in [1.165, 1.54) is 0 Å². The summed E-state index contributed by atoms with van der Waals surface area (Å²) in [6.45, 7) is 2.19. The van der Waals surface area contributed by atoms with Crippen LogP contribution in [0.3, 0.4) is 0 Å². The number of aliphatic hydroxyl groups excluding tert-OH is 1. The smallest absolute Gasteiger partial charge is 0.241 e. The van der Waals surface area contributed by atoms with Crippen molar-refractivity contribution < 1.29 is 14.0 Å². The van der Waals surface area contributed by atoms with E-state index in [4.69, 9.17) is 8.94 Å². The summed E-state index contributed by atoms with van der Waals surface area (Å²) in [5.41, 5.74) is 0. The van der Waals surface area contributed by atoms with Crippen molar-refractivity contribution in [1.82, 2.24) is 15.0 Å². The molecule has 0 saturated carbocycles. The second kappa shape index (κ2) is 4.91. The van der Waals surface area contributed by atoms with Crippen molar-refractivity contribution in [1.29, 1.82) is 0 Å². The molecule has 1 aliphatic rings. The Kier molecular flexibility index (Phi) is 3.12. The Morgan fingerprint density at radius 3 is 3.22 bits per heavy atom. The fourth-order valence-electron chi connectivity index (χ4n) is 2.19. The summed E-state index contributed by atoms with van der Waals surface area (Å²) in [4.78, 5) is 6.40. The second-order valence-corrected chi connectivity index (χ2v) is 4.52. The first kappa shape index (κ1) is 11.4. The normalized spacial score (nSPS) is 21.3.